The average molecular weight is 325 g/mol. The number of rotatable bonds is 7. The molecule has 0 radical (unpaired) electrons. The van der Waals surface area contributed by atoms with Crippen LogP contribution in [0.1, 0.15) is 0 Å². The molecular formula is C12H31N5O5. The first-order valence-corrected chi connectivity index (χ1v) is 7.31. The highest BCUT2D eigenvalue weighted by Crippen LogP contribution is 2.17. The third kappa shape index (κ3) is 7.24. The van der Waals surface area contributed by atoms with Gasteiger partial charge in [0, 0.05) is 39.3 Å². The zero-order valence-corrected chi connectivity index (χ0v) is 12.8. The Morgan fingerprint density at radius 2 is 1.32 bits per heavy atom. The minimum absolute atomic E-state index is 0.470. The standard InChI is InChI=1S/C6H18N4.C6H13NO5/c7-1-4-10(5-2-8)6-3-9;7-3-5(10)4(9)2(1-8)12-6(3)11/h1-9H2;2-6,8-11H,1,7H2/t;2-,3-,4-,5-,6?/m.1/s1. The van der Waals surface area contributed by atoms with Crippen molar-refractivity contribution in [3.05, 3.63) is 0 Å². The molecule has 1 aliphatic rings. The van der Waals surface area contributed by atoms with E-state index in [1.54, 1.807) is 0 Å². The Hall–Kier alpha value is -0.400. The van der Waals surface area contributed by atoms with Gasteiger partial charge in [-0.15, -0.1) is 0 Å². The number of aliphatic hydroxyl groups is 4. The molecule has 0 aromatic heterocycles. The van der Waals surface area contributed by atoms with Crippen molar-refractivity contribution < 1.29 is 25.2 Å². The maximum atomic E-state index is 9.20. The third-order valence-corrected chi connectivity index (χ3v) is 3.28. The molecule has 134 valence electrons. The summed E-state index contributed by atoms with van der Waals surface area (Å²) in [5.74, 6) is 0. The molecule has 1 rings (SSSR count). The van der Waals surface area contributed by atoms with Gasteiger partial charge in [0.05, 0.1) is 12.6 Å². The predicted octanol–water partition coefficient (Wildman–Crippen LogP) is -5.09. The van der Waals surface area contributed by atoms with Gasteiger partial charge >= 0.3 is 0 Å². The fraction of sp³-hybridized carbons (Fsp3) is 1.00. The summed E-state index contributed by atoms with van der Waals surface area (Å²) in [7, 11) is 0. The lowest BCUT2D eigenvalue weighted by Gasteiger charge is -2.38. The van der Waals surface area contributed by atoms with E-state index in [-0.39, 0.29) is 0 Å². The summed E-state index contributed by atoms with van der Waals surface area (Å²) in [5.41, 5.74) is 21.4. The molecule has 0 aromatic carbocycles. The van der Waals surface area contributed by atoms with Crippen LogP contribution in [0.15, 0.2) is 0 Å². The molecule has 10 nitrogen and oxygen atoms in total. The quantitative estimate of drug-likeness (QED) is 0.224. The van der Waals surface area contributed by atoms with Gasteiger partial charge in [-0.2, -0.15) is 0 Å². The van der Waals surface area contributed by atoms with Crippen molar-refractivity contribution in [1.82, 2.24) is 4.90 Å². The zero-order chi connectivity index (χ0) is 17.1. The van der Waals surface area contributed by atoms with Crippen molar-refractivity contribution >= 4 is 0 Å². The smallest absolute Gasteiger partial charge is 0.173 e. The van der Waals surface area contributed by atoms with E-state index in [1.165, 1.54) is 0 Å². The van der Waals surface area contributed by atoms with Crippen molar-refractivity contribution in [2.24, 2.45) is 22.9 Å². The normalized spacial score (nSPS) is 31.8. The molecular weight excluding hydrogens is 294 g/mol. The van der Waals surface area contributed by atoms with E-state index in [1.807, 2.05) is 0 Å². The van der Waals surface area contributed by atoms with Crippen molar-refractivity contribution in [1.29, 1.82) is 0 Å². The molecule has 1 unspecified atom stereocenters. The summed E-state index contributed by atoms with van der Waals surface area (Å²) in [4.78, 5) is 2.17. The number of nitrogens with zero attached hydrogens (tertiary/aromatic N) is 1. The first-order chi connectivity index (χ1) is 10.4. The van der Waals surface area contributed by atoms with Crippen LogP contribution < -0.4 is 22.9 Å². The highest BCUT2D eigenvalue weighted by Gasteiger charge is 2.41. The van der Waals surface area contributed by atoms with Crippen LogP contribution in [0.5, 0.6) is 0 Å². The molecule has 10 heteroatoms. The van der Waals surface area contributed by atoms with Gasteiger partial charge in [0.2, 0.25) is 0 Å². The molecule has 1 saturated heterocycles. The van der Waals surface area contributed by atoms with Crippen LogP contribution in [-0.2, 0) is 4.74 Å². The summed E-state index contributed by atoms with van der Waals surface area (Å²) in [6.07, 6.45) is -4.85. The van der Waals surface area contributed by atoms with E-state index in [0.29, 0.717) is 19.6 Å². The monoisotopic (exact) mass is 325 g/mol. The van der Waals surface area contributed by atoms with Crippen LogP contribution >= 0.6 is 0 Å². The molecule has 1 fully saturated rings. The maximum Gasteiger partial charge on any atom is 0.173 e. The third-order valence-electron chi connectivity index (χ3n) is 3.28. The SMILES string of the molecule is NCCN(CCN)CCN.N[C@H]1C(O)O[C@H](CO)[C@@H](O)[C@@H]1O. The van der Waals surface area contributed by atoms with Gasteiger partial charge in [0.1, 0.15) is 18.3 Å². The lowest BCUT2D eigenvalue weighted by molar-refractivity contribution is -0.248. The molecule has 5 atom stereocenters. The van der Waals surface area contributed by atoms with Crippen LogP contribution in [0, 0.1) is 0 Å². The fourth-order valence-corrected chi connectivity index (χ4v) is 2.00. The Kier molecular flexibility index (Phi) is 11.9. The fourth-order valence-electron chi connectivity index (χ4n) is 2.00. The Bertz CT molecular complexity index is 257. The summed E-state index contributed by atoms with van der Waals surface area (Å²) in [5, 5.41) is 36.1. The Balaban J connectivity index is 0.000000409. The van der Waals surface area contributed by atoms with Gasteiger partial charge in [-0.25, -0.2) is 0 Å². The lowest BCUT2D eigenvalue weighted by Crippen LogP contribution is -2.61. The van der Waals surface area contributed by atoms with E-state index < -0.39 is 37.3 Å². The van der Waals surface area contributed by atoms with Crippen molar-refractivity contribution in [2.75, 3.05) is 45.9 Å². The molecule has 22 heavy (non-hydrogen) atoms. The predicted molar refractivity (Wildman–Crippen MR) is 81.6 cm³/mol. The van der Waals surface area contributed by atoms with Gasteiger partial charge in [0.15, 0.2) is 6.29 Å². The molecule has 0 aromatic rings. The molecule has 0 spiro atoms. The summed E-state index contributed by atoms with van der Waals surface area (Å²) >= 11 is 0. The Morgan fingerprint density at radius 3 is 1.68 bits per heavy atom. The maximum absolute atomic E-state index is 9.20. The number of hydrogen-bond acceptors (Lipinski definition) is 10. The van der Waals surface area contributed by atoms with Crippen molar-refractivity contribution in [3.8, 4) is 0 Å². The largest absolute Gasteiger partial charge is 0.394 e. The number of hydrogen-bond donors (Lipinski definition) is 8. The van der Waals surface area contributed by atoms with E-state index in [4.69, 9.17) is 37.9 Å². The molecule has 1 aliphatic heterocycles. The van der Waals surface area contributed by atoms with E-state index >= 15 is 0 Å². The van der Waals surface area contributed by atoms with E-state index in [0.717, 1.165) is 19.6 Å². The van der Waals surface area contributed by atoms with E-state index in [2.05, 4.69) is 4.90 Å². The minimum atomic E-state index is -1.35. The van der Waals surface area contributed by atoms with Crippen LogP contribution in [0.4, 0.5) is 0 Å². The van der Waals surface area contributed by atoms with Crippen molar-refractivity contribution in [2.45, 2.75) is 30.6 Å². The van der Waals surface area contributed by atoms with Gasteiger partial charge in [-0.1, -0.05) is 0 Å². The molecule has 0 amide bonds. The van der Waals surface area contributed by atoms with Gasteiger partial charge in [-0.05, 0) is 0 Å². The summed E-state index contributed by atoms with van der Waals surface area (Å²) in [6, 6.07) is -1.04. The molecule has 1 heterocycles. The number of ether oxygens (including phenoxy) is 1. The zero-order valence-electron chi connectivity index (χ0n) is 12.8. The lowest BCUT2D eigenvalue weighted by atomic mass is 9.98. The number of nitrogens with two attached hydrogens (primary N) is 4. The minimum Gasteiger partial charge on any atom is -0.394 e. The van der Waals surface area contributed by atoms with Crippen LogP contribution in [0.25, 0.3) is 0 Å². The number of aliphatic hydroxyl groups excluding tert-OH is 4. The highest BCUT2D eigenvalue weighted by molar-refractivity contribution is 4.90. The Labute approximate surface area is 130 Å². The van der Waals surface area contributed by atoms with E-state index in [9.17, 15) is 10.2 Å². The second-order valence-corrected chi connectivity index (χ2v) is 5.01. The topological polar surface area (TPSA) is 197 Å². The van der Waals surface area contributed by atoms with Gasteiger partial charge < -0.3 is 48.1 Å². The first-order valence-electron chi connectivity index (χ1n) is 7.31. The highest BCUT2D eigenvalue weighted by atomic mass is 16.6. The second kappa shape index (κ2) is 12.1. The van der Waals surface area contributed by atoms with Crippen molar-refractivity contribution in [3.63, 3.8) is 0 Å². The first kappa shape index (κ1) is 21.6. The second-order valence-electron chi connectivity index (χ2n) is 5.01. The van der Waals surface area contributed by atoms with Gasteiger partial charge in [-0.3, -0.25) is 4.90 Å². The summed E-state index contributed by atoms with van der Waals surface area (Å²) in [6.45, 7) is 4.26. The molecule has 0 aliphatic carbocycles. The molecule has 12 N–H and O–H groups in total. The van der Waals surface area contributed by atoms with Crippen LogP contribution in [0.2, 0.25) is 0 Å². The van der Waals surface area contributed by atoms with Gasteiger partial charge in [0.25, 0.3) is 0 Å². The average Bonchev–Trinajstić information content (AvgIpc) is 2.50. The molecule has 0 bridgehead atoms. The van der Waals surface area contributed by atoms with Crippen LogP contribution in [0.3, 0.4) is 0 Å². The molecule has 0 saturated carbocycles. The van der Waals surface area contributed by atoms with Crippen LogP contribution in [-0.4, -0.2) is 102 Å². The summed E-state index contributed by atoms with van der Waals surface area (Å²) < 4.78 is 4.70. The Morgan fingerprint density at radius 1 is 0.864 bits per heavy atom.